The Morgan fingerprint density at radius 2 is 2.27 bits per heavy atom. The zero-order chi connectivity index (χ0) is 11.4. The number of nitrogen functional groups attached to an aromatic ring is 1. The number of nitrogens with one attached hydrogen (secondary N) is 1. The fraction of sp³-hybridized carbons (Fsp3) is 0.500. The minimum atomic E-state index is -0.0752. The largest absolute Gasteiger partial charge is 0.477 e. The van der Waals surface area contributed by atoms with Crippen molar-refractivity contribution in [3.05, 3.63) is 17.6 Å². The van der Waals surface area contributed by atoms with Gasteiger partial charge < -0.3 is 10.5 Å². The molecule has 3 N–H and O–H groups in total. The van der Waals surface area contributed by atoms with Gasteiger partial charge in [-0.25, -0.2) is 4.98 Å². The van der Waals surface area contributed by atoms with Crippen LogP contribution < -0.4 is 10.5 Å². The zero-order valence-corrected chi connectivity index (χ0v) is 9.24. The third-order valence-electron chi connectivity index (χ3n) is 1.72. The number of aryl methyl sites for hydroxylation is 1. The van der Waals surface area contributed by atoms with Crippen molar-refractivity contribution in [2.75, 3.05) is 6.61 Å². The van der Waals surface area contributed by atoms with Crippen LogP contribution in [0.1, 0.15) is 25.2 Å². The zero-order valence-electron chi connectivity index (χ0n) is 9.24. The van der Waals surface area contributed by atoms with Crippen molar-refractivity contribution in [2.45, 2.75) is 20.8 Å². The van der Waals surface area contributed by atoms with Gasteiger partial charge in [-0.2, -0.15) is 4.98 Å². The first-order valence-corrected chi connectivity index (χ1v) is 4.81. The highest BCUT2D eigenvalue weighted by Gasteiger charge is 2.10. The summed E-state index contributed by atoms with van der Waals surface area (Å²) in [7, 11) is 0. The molecular weight excluding hydrogens is 192 g/mol. The molecule has 0 unspecified atom stereocenters. The Hall–Kier alpha value is -1.65. The maximum Gasteiger partial charge on any atom is 0.227 e. The van der Waals surface area contributed by atoms with Crippen LogP contribution in [0.2, 0.25) is 0 Å². The fourth-order valence-electron chi connectivity index (χ4n) is 0.990. The van der Waals surface area contributed by atoms with E-state index in [1.54, 1.807) is 6.92 Å². The molecule has 82 valence electrons. The molecule has 1 aromatic heterocycles. The molecule has 0 bridgehead atoms. The number of nitrogens with two attached hydrogens (primary N) is 1. The average Bonchev–Trinajstić information content (AvgIpc) is 2.14. The number of amidine groups is 1. The van der Waals surface area contributed by atoms with E-state index in [9.17, 15) is 0 Å². The Bertz CT molecular complexity index is 362. The second kappa shape index (κ2) is 4.72. The van der Waals surface area contributed by atoms with Gasteiger partial charge in [0.25, 0.3) is 0 Å². The number of rotatable bonds is 4. The second-order valence-corrected chi connectivity index (χ2v) is 3.75. The summed E-state index contributed by atoms with van der Waals surface area (Å²) >= 11 is 0. The topological polar surface area (TPSA) is 84.9 Å². The molecule has 5 nitrogen and oxygen atoms in total. The van der Waals surface area contributed by atoms with Gasteiger partial charge in [-0.15, -0.1) is 0 Å². The van der Waals surface area contributed by atoms with Gasteiger partial charge in [-0.3, -0.25) is 5.41 Å². The highest BCUT2D eigenvalue weighted by molar-refractivity contribution is 5.96. The van der Waals surface area contributed by atoms with E-state index < -0.39 is 0 Å². The Balaban J connectivity index is 2.92. The molecule has 0 aliphatic heterocycles. The van der Waals surface area contributed by atoms with Crippen LogP contribution in [-0.2, 0) is 0 Å². The van der Waals surface area contributed by atoms with E-state index >= 15 is 0 Å². The highest BCUT2D eigenvalue weighted by atomic mass is 16.5. The van der Waals surface area contributed by atoms with E-state index in [0.29, 0.717) is 29.8 Å². The van der Waals surface area contributed by atoms with Gasteiger partial charge in [0.15, 0.2) is 0 Å². The Kier molecular flexibility index (Phi) is 3.60. The van der Waals surface area contributed by atoms with E-state index in [-0.39, 0.29) is 5.84 Å². The molecule has 0 aliphatic rings. The first-order valence-electron chi connectivity index (χ1n) is 4.81. The molecule has 1 heterocycles. The summed E-state index contributed by atoms with van der Waals surface area (Å²) in [4.78, 5) is 8.09. The number of hydrogen-bond donors (Lipinski definition) is 2. The molecule has 0 saturated heterocycles. The van der Waals surface area contributed by atoms with Crippen molar-refractivity contribution in [1.29, 1.82) is 5.41 Å². The van der Waals surface area contributed by atoms with Crippen LogP contribution in [0, 0.1) is 18.3 Å². The molecule has 0 saturated carbocycles. The Morgan fingerprint density at radius 1 is 1.60 bits per heavy atom. The maximum absolute atomic E-state index is 7.35. The van der Waals surface area contributed by atoms with Crippen molar-refractivity contribution in [3.8, 4) is 5.88 Å². The van der Waals surface area contributed by atoms with Gasteiger partial charge in [-0.05, 0) is 12.8 Å². The molecule has 0 amide bonds. The quantitative estimate of drug-likeness (QED) is 0.573. The Labute approximate surface area is 89.2 Å². The number of aromatic nitrogens is 2. The molecule has 0 aromatic carbocycles. The third kappa shape index (κ3) is 3.19. The molecule has 1 aromatic rings. The van der Waals surface area contributed by atoms with Crippen LogP contribution in [0.15, 0.2) is 6.20 Å². The number of ether oxygens (including phenoxy) is 1. The summed E-state index contributed by atoms with van der Waals surface area (Å²) < 4.78 is 5.47. The summed E-state index contributed by atoms with van der Waals surface area (Å²) in [5.41, 5.74) is 5.84. The summed E-state index contributed by atoms with van der Waals surface area (Å²) in [6.45, 7) is 6.41. The lowest BCUT2D eigenvalue weighted by molar-refractivity contribution is 0.260. The van der Waals surface area contributed by atoms with Gasteiger partial charge in [0.2, 0.25) is 5.88 Å². The predicted octanol–water partition coefficient (Wildman–Crippen LogP) is 1.10. The van der Waals surface area contributed by atoms with Crippen molar-refractivity contribution in [1.82, 2.24) is 9.97 Å². The first-order chi connectivity index (χ1) is 7.00. The molecule has 5 heteroatoms. The Morgan fingerprint density at radius 3 is 2.80 bits per heavy atom. The lowest BCUT2D eigenvalue weighted by Crippen LogP contribution is -2.16. The highest BCUT2D eigenvalue weighted by Crippen LogP contribution is 2.14. The minimum absolute atomic E-state index is 0.0752. The van der Waals surface area contributed by atoms with Crippen molar-refractivity contribution < 1.29 is 4.74 Å². The van der Waals surface area contributed by atoms with Gasteiger partial charge in [0.05, 0.1) is 12.2 Å². The molecule has 0 atom stereocenters. The monoisotopic (exact) mass is 208 g/mol. The van der Waals surface area contributed by atoms with E-state index in [4.69, 9.17) is 15.9 Å². The number of nitrogens with zero attached hydrogens (tertiary/aromatic N) is 2. The van der Waals surface area contributed by atoms with Crippen LogP contribution >= 0.6 is 0 Å². The molecule has 0 spiro atoms. The maximum atomic E-state index is 7.35. The molecule has 0 aliphatic carbocycles. The molecule has 0 radical (unpaired) electrons. The SMILES string of the molecule is Cc1ncc(C(=N)N)c(OCC(C)C)n1. The first kappa shape index (κ1) is 11.4. The van der Waals surface area contributed by atoms with Crippen molar-refractivity contribution in [2.24, 2.45) is 11.7 Å². The van der Waals surface area contributed by atoms with Crippen LogP contribution in [-0.4, -0.2) is 22.4 Å². The molecular formula is C10H16N4O. The summed E-state index contributed by atoms with van der Waals surface area (Å²) in [5, 5.41) is 7.35. The predicted molar refractivity (Wildman–Crippen MR) is 58.1 cm³/mol. The second-order valence-electron chi connectivity index (χ2n) is 3.75. The van der Waals surface area contributed by atoms with Crippen LogP contribution in [0.5, 0.6) is 5.88 Å². The molecule has 1 rings (SSSR count). The van der Waals surface area contributed by atoms with Crippen LogP contribution in [0.25, 0.3) is 0 Å². The normalized spacial score (nSPS) is 10.4. The lowest BCUT2D eigenvalue weighted by Gasteiger charge is -2.11. The van der Waals surface area contributed by atoms with Crippen molar-refractivity contribution >= 4 is 5.84 Å². The lowest BCUT2D eigenvalue weighted by atomic mass is 10.2. The fourth-order valence-corrected chi connectivity index (χ4v) is 0.990. The average molecular weight is 208 g/mol. The summed E-state index contributed by atoms with van der Waals surface area (Å²) in [6.07, 6.45) is 1.51. The molecule has 15 heavy (non-hydrogen) atoms. The standard InChI is InChI=1S/C10H16N4O/c1-6(2)5-15-10-8(9(11)12)4-13-7(3)14-10/h4,6H,5H2,1-3H3,(H3,11,12). The summed E-state index contributed by atoms with van der Waals surface area (Å²) in [6, 6.07) is 0. The van der Waals surface area contributed by atoms with Crippen molar-refractivity contribution in [3.63, 3.8) is 0 Å². The smallest absolute Gasteiger partial charge is 0.227 e. The van der Waals surface area contributed by atoms with E-state index in [0.717, 1.165) is 0 Å². The van der Waals surface area contributed by atoms with Crippen LogP contribution in [0.3, 0.4) is 0 Å². The van der Waals surface area contributed by atoms with E-state index in [1.807, 2.05) is 13.8 Å². The third-order valence-corrected chi connectivity index (χ3v) is 1.72. The molecule has 0 fully saturated rings. The number of hydrogen-bond acceptors (Lipinski definition) is 4. The van der Waals surface area contributed by atoms with E-state index in [2.05, 4.69) is 9.97 Å². The van der Waals surface area contributed by atoms with Gasteiger partial charge in [-0.1, -0.05) is 13.8 Å². The van der Waals surface area contributed by atoms with Gasteiger partial charge in [0.1, 0.15) is 11.7 Å². The minimum Gasteiger partial charge on any atom is -0.477 e. The van der Waals surface area contributed by atoms with Crippen LogP contribution in [0.4, 0.5) is 0 Å². The van der Waals surface area contributed by atoms with E-state index in [1.165, 1.54) is 6.20 Å². The van der Waals surface area contributed by atoms with Gasteiger partial charge >= 0.3 is 0 Å². The van der Waals surface area contributed by atoms with Gasteiger partial charge in [0, 0.05) is 6.20 Å². The summed E-state index contributed by atoms with van der Waals surface area (Å²) in [5.74, 6) is 1.33.